The Balaban J connectivity index is 1.85. The van der Waals surface area contributed by atoms with Crippen LogP contribution in [0.5, 0.6) is 0 Å². The Morgan fingerprint density at radius 3 is 2.76 bits per heavy atom. The van der Waals surface area contributed by atoms with E-state index in [1.807, 2.05) is 30.5 Å². The Morgan fingerprint density at radius 1 is 1.40 bits per heavy atom. The quantitative estimate of drug-likeness (QED) is 0.808. The number of anilines is 1. The van der Waals surface area contributed by atoms with Crippen molar-refractivity contribution in [3.05, 3.63) is 40.9 Å². The van der Waals surface area contributed by atoms with Gasteiger partial charge in [0.1, 0.15) is 0 Å². The molecule has 2 aromatic rings. The van der Waals surface area contributed by atoms with Crippen LogP contribution in [-0.2, 0) is 15.6 Å². The highest BCUT2D eigenvalue weighted by atomic mass is 32.2. The molecule has 1 saturated carbocycles. The van der Waals surface area contributed by atoms with Gasteiger partial charge in [-0.1, -0.05) is 37.8 Å². The van der Waals surface area contributed by atoms with E-state index in [1.165, 1.54) is 37.0 Å². The second-order valence-electron chi connectivity index (χ2n) is 6.74. The Labute approximate surface area is 155 Å². The van der Waals surface area contributed by atoms with Crippen molar-refractivity contribution in [2.45, 2.75) is 49.8 Å². The predicted octanol–water partition coefficient (Wildman–Crippen LogP) is 4.49. The molecule has 1 N–H and O–H groups in total. The lowest BCUT2D eigenvalue weighted by Gasteiger charge is -2.21. The second-order valence-corrected chi connectivity index (χ2v) is 8.99. The summed E-state index contributed by atoms with van der Waals surface area (Å²) >= 11 is 1.43. The van der Waals surface area contributed by atoms with Gasteiger partial charge in [-0.3, -0.25) is 9.00 Å². The van der Waals surface area contributed by atoms with Gasteiger partial charge in [-0.25, -0.2) is 4.98 Å². The van der Waals surface area contributed by atoms with Gasteiger partial charge in [0.25, 0.3) is 0 Å². The zero-order chi connectivity index (χ0) is 17.8. The van der Waals surface area contributed by atoms with Crippen LogP contribution < -0.4 is 5.32 Å². The standard InChI is InChI=1S/C19H24N2O2S2/c1-13-11-15(7-8-17(13)25(2)23)16(12-14-5-3-4-6-14)18(22)21-19-20-9-10-24-19/h7-11,14,16H,3-6,12H2,1-2H3,(H,20,21,22). The number of aryl methyl sites for hydroxylation is 1. The molecule has 0 radical (unpaired) electrons. The maximum Gasteiger partial charge on any atom is 0.233 e. The minimum absolute atomic E-state index is 0.00613. The third-order valence-electron chi connectivity index (χ3n) is 4.93. The SMILES string of the molecule is Cc1cc(C(CC2CCCC2)C(=O)Nc2nccs2)ccc1S(C)=O. The van der Waals surface area contributed by atoms with Gasteiger partial charge in [0, 0.05) is 22.7 Å². The minimum atomic E-state index is -1.01. The van der Waals surface area contributed by atoms with E-state index >= 15 is 0 Å². The zero-order valence-electron chi connectivity index (χ0n) is 14.7. The van der Waals surface area contributed by atoms with Gasteiger partial charge >= 0.3 is 0 Å². The fraction of sp³-hybridized carbons (Fsp3) is 0.474. The number of nitrogens with zero attached hydrogens (tertiary/aromatic N) is 1. The fourth-order valence-corrected chi connectivity index (χ4v) is 4.97. The molecule has 1 aliphatic rings. The molecule has 1 aliphatic carbocycles. The summed E-state index contributed by atoms with van der Waals surface area (Å²) in [7, 11) is -1.01. The number of carbonyl (C=O) groups is 1. The second kappa shape index (κ2) is 8.23. The Bertz CT molecular complexity index is 753. The van der Waals surface area contributed by atoms with E-state index in [0.717, 1.165) is 22.4 Å². The van der Waals surface area contributed by atoms with E-state index in [-0.39, 0.29) is 11.8 Å². The van der Waals surface area contributed by atoms with Crippen molar-refractivity contribution in [2.75, 3.05) is 11.6 Å². The molecule has 1 heterocycles. The molecule has 0 saturated heterocycles. The lowest BCUT2D eigenvalue weighted by molar-refractivity contribution is -0.118. The highest BCUT2D eigenvalue weighted by Crippen LogP contribution is 2.35. The first-order valence-corrected chi connectivity index (χ1v) is 11.1. The molecule has 4 nitrogen and oxygen atoms in total. The van der Waals surface area contributed by atoms with Crippen LogP contribution in [0, 0.1) is 12.8 Å². The summed E-state index contributed by atoms with van der Waals surface area (Å²) in [6.07, 6.45) is 9.19. The summed E-state index contributed by atoms with van der Waals surface area (Å²) in [5.74, 6) is 0.420. The van der Waals surface area contributed by atoms with Gasteiger partial charge in [-0.2, -0.15) is 0 Å². The van der Waals surface area contributed by atoms with E-state index in [9.17, 15) is 9.00 Å². The summed E-state index contributed by atoms with van der Waals surface area (Å²) in [4.78, 5) is 17.9. The maximum atomic E-state index is 12.9. The largest absolute Gasteiger partial charge is 0.301 e. The molecule has 0 aliphatic heterocycles. The van der Waals surface area contributed by atoms with Gasteiger partial charge < -0.3 is 5.32 Å². The summed E-state index contributed by atoms with van der Waals surface area (Å²) < 4.78 is 11.8. The topological polar surface area (TPSA) is 59.1 Å². The monoisotopic (exact) mass is 376 g/mol. The highest BCUT2D eigenvalue weighted by molar-refractivity contribution is 7.84. The number of amides is 1. The third kappa shape index (κ3) is 4.55. The van der Waals surface area contributed by atoms with Crippen LogP contribution in [0.3, 0.4) is 0 Å². The van der Waals surface area contributed by atoms with Crippen molar-refractivity contribution in [3.63, 3.8) is 0 Å². The van der Waals surface area contributed by atoms with Crippen LogP contribution in [0.15, 0.2) is 34.7 Å². The molecule has 1 amide bonds. The number of nitrogens with one attached hydrogen (secondary N) is 1. The number of benzene rings is 1. The number of aromatic nitrogens is 1. The minimum Gasteiger partial charge on any atom is -0.301 e. The van der Waals surface area contributed by atoms with Crippen molar-refractivity contribution < 1.29 is 9.00 Å². The molecule has 3 rings (SSSR count). The van der Waals surface area contributed by atoms with Crippen molar-refractivity contribution in [1.29, 1.82) is 0 Å². The Morgan fingerprint density at radius 2 is 2.16 bits per heavy atom. The van der Waals surface area contributed by atoms with Crippen molar-refractivity contribution in [3.8, 4) is 0 Å². The predicted molar refractivity (Wildman–Crippen MR) is 104 cm³/mol. The van der Waals surface area contributed by atoms with E-state index in [1.54, 1.807) is 12.5 Å². The molecular weight excluding hydrogens is 352 g/mol. The lowest BCUT2D eigenvalue weighted by atomic mass is 9.86. The van der Waals surface area contributed by atoms with E-state index in [2.05, 4.69) is 10.3 Å². The molecule has 6 heteroatoms. The number of rotatable bonds is 6. The first-order valence-electron chi connectivity index (χ1n) is 8.69. The molecule has 0 spiro atoms. The average Bonchev–Trinajstić information content (AvgIpc) is 3.25. The number of hydrogen-bond acceptors (Lipinski definition) is 4. The van der Waals surface area contributed by atoms with Crippen molar-refractivity contribution in [1.82, 2.24) is 4.98 Å². The number of hydrogen-bond donors (Lipinski definition) is 1. The summed E-state index contributed by atoms with van der Waals surface area (Å²) in [5, 5.41) is 5.46. The van der Waals surface area contributed by atoms with Gasteiger partial charge in [0.15, 0.2) is 5.13 Å². The molecule has 1 aromatic heterocycles. The normalized spacial score (nSPS) is 17.4. The lowest BCUT2D eigenvalue weighted by Crippen LogP contribution is -2.23. The van der Waals surface area contributed by atoms with Crippen LogP contribution in [0.1, 0.15) is 49.1 Å². The highest BCUT2D eigenvalue weighted by Gasteiger charge is 2.27. The Hall–Kier alpha value is -1.53. The molecule has 1 aromatic carbocycles. The summed E-state index contributed by atoms with van der Waals surface area (Å²) in [6, 6.07) is 5.89. The molecule has 1 fully saturated rings. The van der Waals surface area contributed by atoms with Gasteiger partial charge in [-0.15, -0.1) is 11.3 Å². The molecular formula is C19H24N2O2S2. The van der Waals surface area contributed by atoms with Gasteiger partial charge in [-0.05, 0) is 36.5 Å². The van der Waals surface area contributed by atoms with Gasteiger partial charge in [0.2, 0.25) is 5.91 Å². The van der Waals surface area contributed by atoms with E-state index in [0.29, 0.717) is 11.0 Å². The van der Waals surface area contributed by atoms with Crippen LogP contribution >= 0.6 is 11.3 Å². The molecule has 2 atom stereocenters. The van der Waals surface area contributed by atoms with Crippen LogP contribution in [0.2, 0.25) is 0 Å². The Kier molecular flexibility index (Phi) is 6.02. The van der Waals surface area contributed by atoms with Crippen LogP contribution in [0.4, 0.5) is 5.13 Å². The van der Waals surface area contributed by atoms with Crippen molar-refractivity contribution in [2.24, 2.45) is 5.92 Å². The van der Waals surface area contributed by atoms with Crippen LogP contribution in [-0.4, -0.2) is 21.4 Å². The van der Waals surface area contributed by atoms with Crippen molar-refractivity contribution >= 4 is 33.2 Å². The fourth-order valence-electron chi connectivity index (χ4n) is 3.66. The smallest absolute Gasteiger partial charge is 0.233 e. The molecule has 0 bridgehead atoms. The van der Waals surface area contributed by atoms with Gasteiger partial charge in [0.05, 0.1) is 16.7 Å². The summed E-state index contributed by atoms with van der Waals surface area (Å²) in [6.45, 7) is 1.96. The molecule has 25 heavy (non-hydrogen) atoms. The van der Waals surface area contributed by atoms with Crippen LogP contribution in [0.25, 0.3) is 0 Å². The first-order chi connectivity index (χ1) is 12.0. The average molecular weight is 377 g/mol. The third-order valence-corrected chi connectivity index (χ3v) is 6.70. The van der Waals surface area contributed by atoms with E-state index < -0.39 is 10.8 Å². The summed E-state index contributed by atoms with van der Waals surface area (Å²) in [5.41, 5.74) is 1.99. The molecule has 2 unspecified atom stereocenters. The molecule has 134 valence electrons. The zero-order valence-corrected chi connectivity index (χ0v) is 16.3. The number of carbonyl (C=O) groups excluding carboxylic acids is 1. The maximum absolute atomic E-state index is 12.9. The first kappa shape index (κ1) is 18.3. The number of thiazole rings is 1. The van der Waals surface area contributed by atoms with E-state index in [4.69, 9.17) is 0 Å².